The van der Waals surface area contributed by atoms with Crippen molar-refractivity contribution in [3.63, 3.8) is 0 Å². The summed E-state index contributed by atoms with van der Waals surface area (Å²) < 4.78 is 1.12. The molecule has 1 saturated heterocycles. The summed E-state index contributed by atoms with van der Waals surface area (Å²) in [7, 11) is 0. The van der Waals surface area contributed by atoms with Crippen molar-refractivity contribution in [2.75, 3.05) is 29.1 Å². The Morgan fingerprint density at radius 3 is 3.09 bits per heavy atom. The zero-order valence-electron chi connectivity index (χ0n) is 12.4. The smallest absolute Gasteiger partial charge is 0.321 e. The van der Waals surface area contributed by atoms with Crippen molar-refractivity contribution in [2.45, 2.75) is 18.6 Å². The molecule has 0 radical (unpaired) electrons. The van der Waals surface area contributed by atoms with Gasteiger partial charge in [0.15, 0.2) is 5.13 Å². The van der Waals surface area contributed by atoms with Gasteiger partial charge in [0.1, 0.15) is 0 Å². The van der Waals surface area contributed by atoms with Gasteiger partial charge < -0.3 is 5.32 Å². The number of amides is 2. The monoisotopic (exact) mass is 353 g/mol. The third-order valence-electron chi connectivity index (χ3n) is 3.46. The summed E-state index contributed by atoms with van der Waals surface area (Å²) in [6.45, 7) is 2.85. The highest BCUT2D eigenvalue weighted by atomic mass is 32.2. The number of urea groups is 1. The highest BCUT2D eigenvalue weighted by Crippen LogP contribution is 2.27. The molecule has 7 heteroatoms. The Morgan fingerprint density at radius 1 is 1.41 bits per heavy atom. The summed E-state index contributed by atoms with van der Waals surface area (Å²) in [5, 5.41) is 6.98. The second-order valence-electron chi connectivity index (χ2n) is 5.08. The standard InChI is InChI=1S/C15H19N3OS3/c1-2-10-3-4-12-13(7-10)22-15(17-12)18-14(19)16-8-11-9-20-5-6-21-11/h3-4,7,11H,2,5-6,8-9H2,1H3,(H2,16,17,18,19)/t11-/m1/s1. The van der Waals surface area contributed by atoms with Crippen molar-refractivity contribution in [2.24, 2.45) is 0 Å². The number of hydrogen-bond donors (Lipinski definition) is 2. The Hall–Kier alpha value is -0.920. The fourth-order valence-corrected chi connectivity index (χ4v) is 5.78. The van der Waals surface area contributed by atoms with Gasteiger partial charge in [-0.25, -0.2) is 9.78 Å². The number of nitrogens with one attached hydrogen (secondary N) is 2. The Bertz CT molecular complexity index is 653. The number of carbonyl (C=O) groups excluding carboxylic acids is 1. The first-order valence-corrected chi connectivity index (χ1v) is 10.4. The van der Waals surface area contributed by atoms with Gasteiger partial charge in [0.25, 0.3) is 0 Å². The second-order valence-corrected chi connectivity index (χ2v) is 8.67. The van der Waals surface area contributed by atoms with Gasteiger partial charge in [0.2, 0.25) is 0 Å². The van der Waals surface area contributed by atoms with E-state index in [4.69, 9.17) is 0 Å². The van der Waals surface area contributed by atoms with Crippen LogP contribution in [0.5, 0.6) is 0 Å². The maximum Gasteiger partial charge on any atom is 0.321 e. The normalized spacial score (nSPS) is 18.3. The fourth-order valence-electron chi connectivity index (χ4n) is 2.24. The molecule has 0 aliphatic carbocycles. The van der Waals surface area contributed by atoms with E-state index in [2.05, 4.69) is 34.7 Å². The number of aryl methyl sites for hydroxylation is 1. The largest absolute Gasteiger partial charge is 0.337 e. The number of aromatic nitrogens is 1. The predicted molar refractivity (Wildman–Crippen MR) is 99.6 cm³/mol. The lowest BCUT2D eigenvalue weighted by atomic mass is 10.2. The van der Waals surface area contributed by atoms with Gasteiger partial charge in [-0.1, -0.05) is 24.3 Å². The number of thiazole rings is 1. The molecule has 2 N–H and O–H groups in total. The number of anilines is 1. The van der Waals surface area contributed by atoms with E-state index in [9.17, 15) is 4.79 Å². The van der Waals surface area contributed by atoms with E-state index >= 15 is 0 Å². The van der Waals surface area contributed by atoms with Crippen molar-refractivity contribution in [1.29, 1.82) is 0 Å². The number of fused-ring (bicyclic) bond motifs is 1. The molecule has 1 aliphatic rings. The second kappa shape index (κ2) is 7.57. The minimum atomic E-state index is -0.161. The third kappa shape index (κ3) is 4.08. The van der Waals surface area contributed by atoms with Crippen LogP contribution in [0.25, 0.3) is 10.2 Å². The lowest BCUT2D eigenvalue weighted by Gasteiger charge is -2.20. The Kier molecular flexibility index (Phi) is 5.49. The number of thioether (sulfide) groups is 2. The van der Waals surface area contributed by atoms with Crippen LogP contribution >= 0.6 is 34.9 Å². The molecule has 2 heterocycles. The highest BCUT2D eigenvalue weighted by Gasteiger charge is 2.15. The van der Waals surface area contributed by atoms with E-state index < -0.39 is 0 Å². The lowest BCUT2D eigenvalue weighted by Crippen LogP contribution is -2.36. The number of benzene rings is 1. The first kappa shape index (κ1) is 16.0. The molecule has 1 fully saturated rings. The lowest BCUT2D eigenvalue weighted by molar-refractivity contribution is 0.252. The molecule has 4 nitrogen and oxygen atoms in total. The average Bonchev–Trinajstić information content (AvgIpc) is 2.95. The fraction of sp³-hybridized carbons (Fsp3) is 0.467. The van der Waals surface area contributed by atoms with Crippen LogP contribution in [0.4, 0.5) is 9.93 Å². The van der Waals surface area contributed by atoms with Crippen LogP contribution in [0.1, 0.15) is 12.5 Å². The number of carbonyl (C=O) groups is 1. The van der Waals surface area contributed by atoms with Crippen LogP contribution in [0.2, 0.25) is 0 Å². The molecule has 2 amide bonds. The Balaban J connectivity index is 1.56. The topological polar surface area (TPSA) is 54.0 Å². The Labute approximate surface area is 142 Å². The minimum absolute atomic E-state index is 0.161. The molecule has 3 rings (SSSR count). The quantitative estimate of drug-likeness (QED) is 0.877. The van der Waals surface area contributed by atoms with Gasteiger partial charge in [-0.15, -0.1) is 0 Å². The maximum absolute atomic E-state index is 12.0. The van der Waals surface area contributed by atoms with Crippen molar-refractivity contribution >= 4 is 56.2 Å². The van der Waals surface area contributed by atoms with Gasteiger partial charge in [-0.2, -0.15) is 23.5 Å². The zero-order valence-corrected chi connectivity index (χ0v) is 14.9. The third-order valence-corrected chi connectivity index (χ3v) is 7.24. The van der Waals surface area contributed by atoms with E-state index in [0.29, 0.717) is 16.9 Å². The van der Waals surface area contributed by atoms with Gasteiger partial charge in [-0.3, -0.25) is 5.32 Å². The summed E-state index contributed by atoms with van der Waals surface area (Å²) in [6.07, 6.45) is 1.01. The van der Waals surface area contributed by atoms with Crippen molar-refractivity contribution in [1.82, 2.24) is 10.3 Å². The van der Waals surface area contributed by atoms with Crippen LogP contribution in [0.3, 0.4) is 0 Å². The molecule has 1 atom stereocenters. The summed E-state index contributed by atoms with van der Waals surface area (Å²) in [4.78, 5) is 16.4. The Morgan fingerprint density at radius 2 is 2.32 bits per heavy atom. The summed E-state index contributed by atoms with van der Waals surface area (Å²) >= 11 is 5.43. The predicted octanol–water partition coefficient (Wildman–Crippen LogP) is 3.83. The van der Waals surface area contributed by atoms with Gasteiger partial charge in [0, 0.05) is 29.1 Å². The molecule has 0 spiro atoms. The number of nitrogens with zero attached hydrogens (tertiary/aromatic N) is 1. The molecule has 118 valence electrons. The van der Waals surface area contributed by atoms with Gasteiger partial charge in [0.05, 0.1) is 10.2 Å². The molecule has 0 unspecified atom stereocenters. The van der Waals surface area contributed by atoms with E-state index in [1.165, 1.54) is 28.4 Å². The molecule has 0 bridgehead atoms. The highest BCUT2D eigenvalue weighted by molar-refractivity contribution is 8.06. The van der Waals surface area contributed by atoms with Crippen LogP contribution in [0, 0.1) is 0 Å². The van der Waals surface area contributed by atoms with Crippen molar-refractivity contribution in [3.8, 4) is 0 Å². The number of rotatable bonds is 4. The molecule has 1 aliphatic heterocycles. The number of hydrogen-bond acceptors (Lipinski definition) is 5. The molecule has 2 aromatic rings. The van der Waals surface area contributed by atoms with Crippen LogP contribution < -0.4 is 10.6 Å². The first-order valence-electron chi connectivity index (χ1n) is 7.38. The molecule has 0 saturated carbocycles. The van der Waals surface area contributed by atoms with Gasteiger partial charge >= 0.3 is 6.03 Å². The molecular weight excluding hydrogens is 334 g/mol. The summed E-state index contributed by atoms with van der Waals surface area (Å²) in [6, 6.07) is 6.09. The molecular formula is C15H19N3OS3. The maximum atomic E-state index is 12.0. The summed E-state index contributed by atoms with van der Waals surface area (Å²) in [5.41, 5.74) is 2.23. The molecule has 22 heavy (non-hydrogen) atoms. The van der Waals surface area contributed by atoms with Crippen molar-refractivity contribution < 1.29 is 4.79 Å². The van der Waals surface area contributed by atoms with E-state index in [0.717, 1.165) is 22.4 Å². The average molecular weight is 354 g/mol. The van der Waals surface area contributed by atoms with Crippen molar-refractivity contribution in [3.05, 3.63) is 23.8 Å². The molecule has 1 aromatic heterocycles. The molecule has 1 aromatic carbocycles. The van der Waals surface area contributed by atoms with E-state index in [-0.39, 0.29) is 6.03 Å². The summed E-state index contributed by atoms with van der Waals surface area (Å²) in [5.74, 6) is 3.51. The SMILES string of the molecule is CCc1ccc2nc(NC(=O)NC[C@@H]3CSCCS3)sc2c1. The zero-order chi connectivity index (χ0) is 15.4. The van der Waals surface area contributed by atoms with E-state index in [1.807, 2.05) is 29.6 Å². The van der Waals surface area contributed by atoms with Crippen LogP contribution in [-0.2, 0) is 6.42 Å². The minimum Gasteiger partial charge on any atom is -0.337 e. The van der Waals surface area contributed by atoms with Crippen LogP contribution in [-0.4, -0.2) is 40.1 Å². The van der Waals surface area contributed by atoms with Gasteiger partial charge in [-0.05, 0) is 24.1 Å². The van der Waals surface area contributed by atoms with E-state index in [1.54, 1.807) is 0 Å². The first-order chi connectivity index (χ1) is 10.7. The van der Waals surface area contributed by atoms with Crippen LogP contribution in [0.15, 0.2) is 18.2 Å².